The van der Waals surface area contributed by atoms with Crippen molar-refractivity contribution in [3.8, 4) is 0 Å². The molecule has 0 aromatic heterocycles. The van der Waals surface area contributed by atoms with Crippen LogP contribution in [0.3, 0.4) is 0 Å². The molecule has 0 unspecified atom stereocenters. The van der Waals surface area contributed by atoms with E-state index in [4.69, 9.17) is 5.11 Å². The van der Waals surface area contributed by atoms with E-state index in [1.54, 1.807) is 6.08 Å². The van der Waals surface area contributed by atoms with Crippen LogP contribution in [-0.4, -0.2) is 24.3 Å². The first-order chi connectivity index (χ1) is 4.30. The molecule has 1 aliphatic heterocycles. The summed E-state index contributed by atoms with van der Waals surface area (Å²) >= 11 is 0. The third-order valence-electron chi connectivity index (χ3n) is 1.08. The van der Waals surface area contributed by atoms with Gasteiger partial charge < -0.3 is 10.4 Å². The number of carboxylic acid groups (broad SMARTS) is 1. The van der Waals surface area contributed by atoms with Crippen LogP contribution >= 0.6 is 12.4 Å². The molecule has 0 radical (unpaired) electrons. The summed E-state index contributed by atoms with van der Waals surface area (Å²) in [5, 5.41) is 14.0. The Bertz CT molecular complexity index is 158. The van der Waals surface area contributed by atoms with Crippen LogP contribution in [0.15, 0.2) is 11.8 Å². The molecule has 1 rings (SSSR count). The zero-order chi connectivity index (χ0) is 6.69. The highest BCUT2D eigenvalue weighted by Crippen LogP contribution is 1.89. The Morgan fingerprint density at radius 1 is 1.70 bits per heavy atom. The van der Waals surface area contributed by atoms with E-state index in [2.05, 4.69) is 10.6 Å². The molecular formula is C5H9ClN2O2. The lowest BCUT2D eigenvalue weighted by molar-refractivity contribution is -0.133. The molecule has 10 heavy (non-hydrogen) atoms. The Hall–Kier alpha value is -0.740. The molecule has 0 aliphatic carbocycles. The van der Waals surface area contributed by atoms with Crippen molar-refractivity contribution < 1.29 is 9.90 Å². The maximum atomic E-state index is 10.2. The fraction of sp³-hybridized carbons (Fsp3) is 0.400. The highest BCUT2D eigenvalue weighted by Gasteiger charge is 2.07. The molecular weight excluding hydrogens is 156 g/mol. The normalized spacial score (nSPS) is 16.2. The summed E-state index contributed by atoms with van der Waals surface area (Å²) in [5.74, 6) is -0.892. The second-order valence-electron chi connectivity index (χ2n) is 1.73. The van der Waals surface area contributed by atoms with Gasteiger partial charge in [-0.05, 0) is 6.08 Å². The molecule has 1 heterocycles. The average Bonchev–Trinajstić information content (AvgIpc) is 1.90. The van der Waals surface area contributed by atoms with Gasteiger partial charge in [-0.25, -0.2) is 4.79 Å². The third-order valence-corrected chi connectivity index (χ3v) is 1.08. The van der Waals surface area contributed by atoms with Crippen LogP contribution in [0.1, 0.15) is 0 Å². The molecule has 5 heteroatoms. The van der Waals surface area contributed by atoms with Crippen molar-refractivity contribution in [2.75, 3.05) is 13.2 Å². The smallest absolute Gasteiger partial charge is 0.351 e. The predicted molar refractivity (Wildman–Crippen MR) is 39.0 cm³/mol. The van der Waals surface area contributed by atoms with Crippen molar-refractivity contribution in [1.82, 2.24) is 10.6 Å². The van der Waals surface area contributed by atoms with Gasteiger partial charge in [0.05, 0.1) is 6.67 Å². The molecule has 0 aromatic rings. The van der Waals surface area contributed by atoms with Crippen LogP contribution in [0.2, 0.25) is 0 Å². The lowest BCUT2D eigenvalue weighted by Gasteiger charge is -2.12. The summed E-state index contributed by atoms with van der Waals surface area (Å²) in [5.41, 5.74) is 0.286. The summed E-state index contributed by atoms with van der Waals surface area (Å²) in [6, 6.07) is 0. The number of rotatable bonds is 1. The van der Waals surface area contributed by atoms with E-state index >= 15 is 0 Å². The summed E-state index contributed by atoms with van der Waals surface area (Å²) in [7, 11) is 0. The third kappa shape index (κ3) is 2.24. The Morgan fingerprint density at radius 3 is 2.70 bits per heavy atom. The van der Waals surface area contributed by atoms with Crippen molar-refractivity contribution in [2.24, 2.45) is 0 Å². The summed E-state index contributed by atoms with van der Waals surface area (Å²) in [4.78, 5) is 10.2. The first-order valence-corrected chi connectivity index (χ1v) is 2.69. The number of halogens is 1. The minimum Gasteiger partial charge on any atom is -0.477 e. The topological polar surface area (TPSA) is 61.4 Å². The van der Waals surface area contributed by atoms with Crippen molar-refractivity contribution in [2.45, 2.75) is 0 Å². The van der Waals surface area contributed by atoms with Gasteiger partial charge >= 0.3 is 5.97 Å². The van der Waals surface area contributed by atoms with Gasteiger partial charge in [0, 0.05) is 6.54 Å². The van der Waals surface area contributed by atoms with Crippen LogP contribution in [0.5, 0.6) is 0 Å². The second kappa shape index (κ2) is 4.14. The van der Waals surface area contributed by atoms with E-state index in [0.29, 0.717) is 13.2 Å². The van der Waals surface area contributed by atoms with Gasteiger partial charge in [-0.3, -0.25) is 5.32 Å². The van der Waals surface area contributed by atoms with Crippen LogP contribution in [-0.2, 0) is 4.79 Å². The summed E-state index contributed by atoms with van der Waals surface area (Å²) in [6.45, 7) is 1.17. The van der Waals surface area contributed by atoms with Gasteiger partial charge in [0.15, 0.2) is 0 Å². The molecule has 3 N–H and O–H groups in total. The SMILES string of the molecule is Cl.O=C(O)C1=CCNCN1. The molecule has 4 nitrogen and oxygen atoms in total. The van der Waals surface area contributed by atoms with Crippen LogP contribution in [0.4, 0.5) is 0 Å². The molecule has 0 spiro atoms. The fourth-order valence-electron chi connectivity index (χ4n) is 0.639. The lowest BCUT2D eigenvalue weighted by atomic mass is 10.3. The zero-order valence-electron chi connectivity index (χ0n) is 5.26. The van der Waals surface area contributed by atoms with Crippen molar-refractivity contribution >= 4 is 18.4 Å². The van der Waals surface area contributed by atoms with Crippen LogP contribution in [0, 0.1) is 0 Å². The van der Waals surface area contributed by atoms with E-state index < -0.39 is 5.97 Å². The minimum atomic E-state index is -0.892. The van der Waals surface area contributed by atoms with Gasteiger partial charge in [0.25, 0.3) is 0 Å². The van der Waals surface area contributed by atoms with E-state index in [1.807, 2.05) is 0 Å². The number of carbonyl (C=O) groups is 1. The van der Waals surface area contributed by atoms with E-state index in [0.717, 1.165) is 0 Å². The summed E-state index contributed by atoms with van der Waals surface area (Å²) in [6.07, 6.45) is 1.60. The molecule has 0 atom stereocenters. The standard InChI is InChI=1S/C5H8N2O2.ClH/c8-5(9)4-1-2-6-3-7-4;/h1,6-7H,2-3H2,(H,8,9);1H. The van der Waals surface area contributed by atoms with Gasteiger partial charge in [-0.1, -0.05) is 0 Å². The fourth-order valence-corrected chi connectivity index (χ4v) is 0.639. The van der Waals surface area contributed by atoms with E-state index in [1.165, 1.54) is 0 Å². The van der Waals surface area contributed by atoms with E-state index in [9.17, 15) is 4.79 Å². The predicted octanol–water partition coefficient (Wildman–Crippen LogP) is -0.473. The van der Waals surface area contributed by atoms with Crippen molar-refractivity contribution in [3.05, 3.63) is 11.8 Å². The Balaban J connectivity index is 0.000000810. The first-order valence-electron chi connectivity index (χ1n) is 2.69. The first kappa shape index (κ1) is 9.26. The largest absolute Gasteiger partial charge is 0.477 e. The molecule has 0 saturated heterocycles. The Morgan fingerprint density at radius 2 is 2.40 bits per heavy atom. The number of aliphatic carboxylic acids is 1. The molecule has 0 amide bonds. The maximum absolute atomic E-state index is 10.2. The number of carboxylic acids is 1. The molecule has 0 aromatic carbocycles. The Kier molecular flexibility index (Phi) is 3.83. The molecule has 1 aliphatic rings. The van der Waals surface area contributed by atoms with E-state index in [-0.39, 0.29) is 18.1 Å². The highest BCUT2D eigenvalue weighted by molar-refractivity contribution is 5.86. The van der Waals surface area contributed by atoms with Crippen LogP contribution < -0.4 is 10.6 Å². The quantitative estimate of drug-likeness (QED) is 0.490. The number of hydrogen-bond acceptors (Lipinski definition) is 3. The molecule has 58 valence electrons. The average molecular weight is 165 g/mol. The van der Waals surface area contributed by atoms with Gasteiger partial charge in [0.2, 0.25) is 0 Å². The zero-order valence-corrected chi connectivity index (χ0v) is 6.07. The molecule has 0 fully saturated rings. The molecule has 0 saturated carbocycles. The minimum absolute atomic E-state index is 0. The molecule has 0 bridgehead atoms. The van der Waals surface area contributed by atoms with Gasteiger partial charge in [0.1, 0.15) is 5.70 Å². The van der Waals surface area contributed by atoms with Gasteiger partial charge in [-0.2, -0.15) is 0 Å². The van der Waals surface area contributed by atoms with Crippen LogP contribution in [0.25, 0.3) is 0 Å². The monoisotopic (exact) mass is 164 g/mol. The number of hydrogen-bond donors (Lipinski definition) is 3. The lowest BCUT2D eigenvalue weighted by Crippen LogP contribution is -2.36. The van der Waals surface area contributed by atoms with Crippen molar-refractivity contribution in [3.63, 3.8) is 0 Å². The van der Waals surface area contributed by atoms with Crippen molar-refractivity contribution in [1.29, 1.82) is 0 Å². The maximum Gasteiger partial charge on any atom is 0.351 e. The Labute approximate surface area is 64.7 Å². The summed E-state index contributed by atoms with van der Waals surface area (Å²) < 4.78 is 0. The highest BCUT2D eigenvalue weighted by atomic mass is 35.5. The second-order valence-corrected chi connectivity index (χ2v) is 1.73. The number of nitrogens with one attached hydrogen (secondary N) is 2. The van der Waals surface area contributed by atoms with Gasteiger partial charge in [-0.15, -0.1) is 12.4 Å².